The van der Waals surface area contributed by atoms with Crippen molar-refractivity contribution in [2.24, 2.45) is 0 Å². The van der Waals surface area contributed by atoms with Crippen molar-refractivity contribution in [3.05, 3.63) is 40.5 Å². The van der Waals surface area contributed by atoms with E-state index in [-0.39, 0.29) is 17.5 Å². The van der Waals surface area contributed by atoms with Gasteiger partial charge in [-0.3, -0.25) is 4.79 Å². The van der Waals surface area contributed by atoms with Gasteiger partial charge in [-0.2, -0.15) is 0 Å². The molecule has 2 rings (SSSR count). The summed E-state index contributed by atoms with van der Waals surface area (Å²) in [5.41, 5.74) is 6.19. The van der Waals surface area contributed by atoms with Gasteiger partial charge >= 0.3 is 0 Å². The van der Waals surface area contributed by atoms with Crippen LogP contribution in [0.2, 0.25) is 0 Å². The first-order chi connectivity index (χ1) is 9.90. The smallest absolute Gasteiger partial charge is 0.265 e. The van der Waals surface area contributed by atoms with E-state index in [1.807, 2.05) is 14.1 Å². The van der Waals surface area contributed by atoms with Gasteiger partial charge in [-0.05, 0) is 13.0 Å². The molecule has 1 heterocycles. The van der Waals surface area contributed by atoms with Crippen LogP contribution >= 0.6 is 11.3 Å². The van der Waals surface area contributed by atoms with Gasteiger partial charge in [0, 0.05) is 19.7 Å². The molecule has 0 aliphatic carbocycles. The standard InChI is InChI=1S/C14H17FN4OS/c1-8(9-6-4-5-7-10(9)15)17-13(20)11-12(16)18-14(21-11)19(2)3/h4-8H,16H2,1-3H3,(H,17,20). The largest absolute Gasteiger partial charge is 0.382 e. The van der Waals surface area contributed by atoms with E-state index in [1.165, 1.54) is 17.4 Å². The van der Waals surface area contributed by atoms with Crippen LogP contribution in [0.4, 0.5) is 15.3 Å². The lowest BCUT2D eigenvalue weighted by Gasteiger charge is -2.14. The van der Waals surface area contributed by atoms with Crippen LogP contribution in [0.3, 0.4) is 0 Å². The third-order valence-electron chi connectivity index (χ3n) is 2.95. The average Bonchev–Trinajstić information content (AvgIpc) is 2.81. The van der Waals surface area contributed by atoms with Gasteiger partial charge in [-0.25, -0.2) is 9.37 Å². The van der Waals surface area contributed by atoms with Gasteiger partial charge in [0.1, 0.15) is 16.5 Å². The summed E-state index contributed by atoms with van der Waals surface area (Å²) in [6, 6.07) is 5.89. The monoisotopic (exact) mass is 308 g/mol. The molecule has 5 nitrogen and oxygen atoms in total. The van der Waals surface area contributed by atoms with Crippen molar-refractivity contribution in [2.75, 3.05) is 24.7 Å². The van der Waals surface area contributed by atoms with Crippen molar-refractivity contribution in [3.63, 3.8) is 0 Å². The van der Waals surface area contributed by atoms with Crippen LogP contribution in [0.25, 0.3) is 0 Å². The van der Waals surface area contributed by atoms with Crippen LogP contribution < -0.4 is 16.0 Å². The van der Waals surface area contributed by atoms with E-state index in [4.69, 9.17) is 5.73 Å². The van der Waals surface area contributed by atoms with Gasteiger partial charge in [0.05, 0.1) is 6.04 Å². The maximum Gasteiger partial charge on any atom is 0.265 e. The van der Waals surface area contributed by atoms with Gasteiger partial charge in [0.15, 0.2) is 5.13 Å². The third-order valence-corrected chi connectivity index (χ3v) is 4.19. The molecule has 1 aromatic heterocycles. The Balaban J connectivity index is 2.16. The summed E-state index contributed by atoms with van der Waals surface area (Å²) in [5.74, 6) is -0.521. The normalized spacial score (nSPS) is 12.0. The topological polar surface area (TPSA) is 71.2 Å². The van der Waals surface area contributed by atoms with Crippen LogP contribution in [0.5, 0.6) is 0 Å². The molecule has 0 aliphatic heterocycles. The van der Waals surface area contributed by atoms with Crippen molar-refractivity contribution >= 4 is 28.2 Å². The Labute approximate surface area is 126 Å². The molecule has 1 aromatic carbocycles. The van der Waals surface area contributed by atoms with E-state index < -0.39 is 6.04 Å². The molecule has 7 heteroatoms. The summed E-state index contributed by atoms with van der Waals surface area (Å²) in [6.07, 6.45) is 0. The number of amides is 1. The van der Waals surface area contributed by atoms with E-state index in [0.29, 0.717) is 15.6 Å². The number of carbonyl (C=O) groups excluding carboxylic acids is 1. The Bertz CT molecular complexity index is 656. The number of thiazole rings is 1. The first kappa shape index (κ1) is 15.2. The van der Waals surface area contributed by atoms with Crippen molar-refractivity contribution in [2.45, 2.75) is 13.0 Å². The zero-order valence-electron chi connectivity index (χ0n) is 12.1. The van der Waals surface area contributed by atoms with E-state index in [0.717, 1.165) is 0 Å². The molecule has 0 aliphatic rings. The lowest BCUT2D eigenvalue weighted by atomic mass is 10.1. The number of rotatable bonds is 4. The van der Waals surface area contributed by atoms with Gasteiger partial charge in [0.25, 0.3) is 5.91 Å². The molecule has 1 atom stereocenters. The fraction of sp³-hybridized carbons (Fsp3) is 0.286. The molecule has 112 valence electrons. The number of carbonyl (C=O) groups is 1. The van der Waals surface area contributed by atoms with Crippen LogP contribution in [0.1, 0.15) is 28.2 Å². The Morgan fingerprint density at radius 3 is 2.67 bits per heavy atom. The number of benzene rings is 1. The lowest BCUT2D eigenvalue weighted by Crippen LogP contribution is -2.27. The Hall–Kier alpha value is -2.15. The van der Waals surface area contributed by atoms with Crippen LogP contribution in [0.15, 0.2) is 24.3 Å². The van der Waals surface area contributed by atoms with Crippen molar-refractivity contribution in [1.82, 2.24) is 10.3 Å². The lowest BCUT2D eigenvalue weighted by molar-refractivity contribution is 0.0944. The molecule has 0 spiro atoms. The maximum absolute atomic E-state index is 13.7. The molecular formula is C14H17FN4OS. The second-order valence-corrected chi connectivity index (χ2v) is 5.80. The summed E-state index contributed by atoms with van der Waals surface area (Å²) in [6.45, 7) is 1.72. The summed E-state index contributed by atoms with van der Waals surface area (Å²) in [4.78, 5) is 18.5. The van der Waals surface area contributed by atoms with Crippen LogP contribution in [0, 0.1) is 5.82 Å². The minimum absolute atomic E-state index is 0.182. The number of anilines is 2. The Kier molecular flexibility index (Phi) is 4.42. The van der Waals surface area contributed by atoms with Gasteiger partial charge in [-0.15, -0.1) is 0 Å². The molecule has 0 saturated carbocycles. The fourth-order valence-electron chi connectivity index (χ4n) is 1.84. The fourth-order valence-corrected chi connectivity index (χ4v) is 2.65. The van der Waals surface area contributed by atoms with Crippen molar-refractivity contribution < 1.29 is 9.18 Å². The van der Waals surface area contributed by atoms with Crippen molar-refractivity contribution in [3.8, 4) is 0 Å². The summed E-state index contributed by atoms with van der Waals surface area (Å²) < 4.78 is 13.7. The van der Waals surface area contributed by atoms with Gasteiger partial charge in [0.2, 0.25) is 0 Å². The summed E-state index contributed by atoms with van der Waals surface area (Å²) in [7, 11) is 3.64. The zero-order chi connectivity index (χ0) is 15.6. The Morgan fingerprint density at radius 2 is 2.10 bits per heavy atom. The highest BCUT2D eigenvalue weighted by molar-refractivity contribution is 7.18. The first-order valence-electron chi connectivity index (χ1n) is 6.39. The van der Waals surface area contributed by atoms with E-state index in [2.05, 4.69) is 10.3 Å². The number of nitrogen functional groups attached to an aromatic ring is 1. The highest BCUT2D eigenvalue weighted by atomic mass is 32.1. The number of nitrogens with one attached hydrogen (secondary N) is 1. The molecule has 2 aromatic rings. The minimum Gasteiger partial charge on any atom is -0.382 e. The van der Waals surface area contributed by atoms with Gasteiger partial charge < -0.3 is 16.0 Å². The Morgan fingerprint density at radius 1 is 1.43 bits per heavy atom. The molecular weight excluding hydrogens is 291 g/mol. The minimum atomic E-state index is -0.456. The molecule has 0 fully saturated rings. The second-order valence-electron chi connectivity index (χ2n) is 4.82. The van der Waals surface area contributed by atoms with Crippen LogP contribution in [-0.2, 0) is 0 Å². The van der Waals surface area contributed by atoms with E-state index >= 15 is 0 Å². The molecule has 0 radical (unpaired) electrons. The average molecular weight is 308 g/mol. The number of hydrogen-bond donors (Lipinski definition) is 2. The first-order valence-corrected chi connectivity index (χ1v) is 7.20. The molecule has 1 unspecified atom stereocenters. The summed E-state index contributed by atoms with van der Waals surface area (Å²) >= 11 is 1.20. The zero-order valence-corrected chi connectivity index (χ0v) is 12.9. The molecule has 21 heavy (non-hydrogen) atoms. The number of nitrogens with two attached hydrogens (primary N) is 1. The molecule has 0 saturated heterocycles. The van der Waals surface area contributed by atoms with Gasteiger partial charge in [-0.1, -0.05) is 29.5 Å². The number of halogens is 1. The van der Waals surface area contributed by atoms with Crippen LogP contribution in [-0.4, -0.2) is 25.0 Å². The predicted octanol–water partition coefficient (Wildman–Crippen LogP) is 2.42. The maximum atomic E-state index is 13.7. The highest BCUT2D eigenvalue weighted by Gasteiger charge is 2.20. The molecule has 0 bridgehead atoms. The quantitative estimate of drug-likeness (QED) is 0.910. The molecule has 3 N–H and O–H groups in total. The number of nitrogens with zero attached hydrogens (tertiary/aromatic N) is 2. The number of aromatic nitrogens is 1. The third kappa shape index (κ3) is 3.30. The SMILES string of the molecule is CC(NC(=O)c1sc(N(C)C)nc1N)c1ccccc1F. The number of hydrogen-bond acceptors (Lipinski definition) is 5. The van der Waals surface area contributed by atoms with E-state index in [1.54, 1.807) is 30.0 Å². The highest BCUT2D eigenvalue weighted by Crippen LogP contribution is 2.27. The predicted molar refractivity (Wildman–Crippen MR) is 83.1 cm³/mol. The van der Waals surface area contributed by atoms with E-state index in [9.17, 15) is 9.18 Å². The summed E-state index contributed by atoms with van der Waals surface area (Å²) in [5, 5.41) is 3.39. The van der Waals surface area contributed by atoms with Crippen molar-refractivity contribution in [1.29, 1.82) is 0 Å². The molecule has 1 amide bonds. The second kappa shape index (κ2) is 6.09.